The minimum atomic E-state index is -2.93. The van der Waals surface area contributed by atoms with Crippen molar-refractivity contribution in [3.63, 3.8) is 0 Å². The first-order chi connectivity index (χ1) is 11.0. The Morgan fingerprint density at radius 1 is 1.26 bits per heavy atom. The molecule has 2 aromatic rings. The Morgan fingerprint density at radius 2 is 1.96 bits per heavy atom. The van der Waals surface area contributed by atoms with Crippen LogP contribution in [0.3, 0.4) is 0 Å². The summed E-state index contributed by atoms with van der Waals surface area (Å²) in [5.41, 5.74) is 0.787. The van der Waals surface area contributed by atoms with Crippen LogP contribution in [0.25, 0.3) is 0 Å². The summed E-state index contributed by atoms with van der Waals surface area (Å²) in [6.07, 6.45) is 4.29. The molecule has 0 saturated carbocycles. The van der Waals surface area contributed by atoms with Crippen LogP contribution in [0.5, 0.6) is 0 Å². The van der Waals surface area contributed by atoms with Crippen molar-refractivity contribution in [3.05, 3.63) is 59.4 Å². The average molecular weight is 339 g/mol. The van der Waals surface area contributed by atoms with Crippen molar-refractivity contribution in [3.8, 4) is 0 Å². The standard InChI is InChI=1S/C14H14FN3O4S/c1-22-14(19)11-2-3-12(13(15)4-11)8-18(23(20)21)7-10-5-16-9-17-6-10/h2-6,9,23H,7-8H2,1H3. The Hall–Kier alpha value is -2.39. The monoisotopic (exact) mass is 339 g/mol. The summed E-state index contributed by atoms with van der Waals surface area (Å²) in [4.78, 5) is 18.9. The SMILES string of the molecule is COC(=O)c1ccc(CN(Cc2cncnc2)[SH](=O)=O)c(F)c1. The Morgan fingerprint density at radius 3 is 2.52 bits per heavy atom. The summed E-state index contributed by atoms with van der Waals surface area (Å²) in [6, 6.07) is 3.75. The van der Waals surface area contributed by atoms with E-state index in [9.17, 15) is 17.6 Å². The summed E-state index contributed by atoms with van der Waals surface area (Å²) >= 11 is 0. The molecule has 2 rings (SSSR count). The lowest BCUT2D eigenvalue weighted by molar-refractivity contribution is 0.0600. The molecule has 0 radical (unpaired) electrons. The van der Waals surface area contributed by atoms with Crippen molar-refractivity contribution >= 4 is 16.9 Å². The number of benzene rings is 1. The molecule has 0 N–H and O–H groups in total. The van der Waals surface area contributed by atoms with Gasteiger partial charge in [-0.25, -0.2) is 27.6 Å². The van der Waals surface area contributed by atoms with Crippen molar-refractivity contribution in [1.82, 2.24) is 14.3 Å². The zero-order valence-corrected chi connectivity index (χ0v) is 13.1. The van der Waals surface area contributed by atoms with Gasteiger partial charge in [0.15, 0.2) is 0 Å². The second-order valence-electron chi connectivity index (χ2n) is 4.61. The Balaban J connectivity index is 2.19. The first-order valence-electron chi connectivity index (χ1n) is 6.51. The fourth-order valence-corrected chi connectivity index (χ4v) is 2.46. The third-order valence-electron chi connectivity index (χ3n) is 3.04. The Labute approximate surface area is 133 Å². The number of methoxy groups -OCH3 is 1. The van der Waals surface area contributed by atoms with Crippen molar-refractivity contribution in [2.75, 3.05) is 7.11 Å². The van der Waals surface area contributed by atoms with Crippen LogP contribution in [-0.4, -0.2) is 35.8 Å². The number of thiol groups is 1. The van der Waals surface area contributed by atoms with Crippen LogP contribution in [0.1, 0.15) is 21.5 Å². The third-order valence-corrected chi connectivity index (χ3v) is 3.78. The average Bonchev–Trinajstić information content (AvgIpc) is 2.55. The van der Waals surface area contributed by atoms with E-state index < -0.39 is 22.7 Å². The van der Waals surface area contributed by atoms with Crippen LogP contribution in [0.4, 0.5) is 4.39 Å². The van der Waals surface area contributed by atoms with Gasteiger partial charge in [0, 0.05) is 36.6 Å². The summed E-state index contributed by atoms with van der Waals surface area (Å²) in [7, 11) is -1.73. The molecule has 122 valence electrons. The molecular weight excluding hydrogens is 325 g/mol. The second-order valence-corrected chi connectivity index (χ2v) is 5.65. The predicted octanol–water partition coefficient (Wildman–Crippen LogP) is 0.931. The molecule has 7 nitrogen and oxygen atoms in total. The van der Waals surface area contributed by atoms with E-state index in [2.05, 4.69) is 14.7 Å². The molecule has 1 aromatic carbocycles. The minimum absolute atomic E-state index is 0.0255. The van der Waals surface area contributed by atoms with Gasteiger partial charge >= 0.3 is 5.97 Å². The fourth-order valence-electron chi connectivity index (χ4n) is 1.91. The fraction of sp³-hybridized carbons (Fsp3) is 0.214. The van der Waals surface area contributed by atoms with Gasteiger partial charge in [-0.2, -0.15) is 4.31 Å². The second kappa shape index (κ2) is 7.75. The van der Waals surface area contributed by atoms with E-state index in [0.717, 1.165) is 10.4 Å². The van der Waals surface area contributed by atoms with Crippen LogP contribution >= 0.6 is 0 Å². The highest BCUT2D eigenvalue weighted by Gasteiger charge is 2.15. The van der Waals surface area contributed by atoms with Gasteiger partial charge in [0.2, 0.25) is 10.9 Å². The molecule has 0 aliphatic carbocycles. The number of ether oxygens (including phenoxy) is 1. The number of hydrogen-bond acceptors (Lipinski definition) is 6. The number of rotatable bonds is 6. The normalized spacial score (nSPS) is 11.0. The first kappa shape index (κ1) is 17.0. The van der Waals surface area contributed by atoms with Crippen LogP contribution in [0, 0.1) is 5.82 Å². The lowest BCUT2D eigenvalue weighted by atomic mass is 10.1. The van der Waals surface area contributed by atoms with Gasteiger partial charge in [0.25, 0.3) is 0 Å². The molecule has 0 amide bonds. The van der Waals surface area contributed by atoms with Gasteiger partial charge in [-0.1, -0.05) is 6.07 Å². The highest BCUT2D eigenvalue weighted by molar-refractivity contribution is 7.69. The minimum Gasteiger partial charge on any atom is -0.465 e. The largest absolute Gasteiger partial charge is 0.465 e. The Kier molecular flexibility index (Phi) is 5.72. The molecule has 0 aliphatic heterocycles. The number of aromatic nitrogens is 2. The quantitative estimate of drug-likeness (QED) is 0.622. The van der Waals surface area contributed by atoms with E-state index in [-0.39, 0.29) is 24.2 Å². The van der Waals surface area contributed by atoms with Crippen molar-refractivity contribution < 1.29 is 22.3 Å². The van der Waals surface area contributed by atoms with Gasteiger partial charge in [-0.3, -0.25) is 0 Å². The van der Waals surface area contributed by atoms with Crippen LogP contribution in [0.15, 0.2) is 36.9 Å². The summed E-state index contributed by atoms with van der Waals surface area (Å²) in [6.45, 7) is -0.140. The number of esters is 1. The predicted molar refractivity (Wildman–Crippen MR) is 79.3 cm³/mol. The molecule has 0 bridgehead atoms. The van der Waals surface area contributed by atoms with Crippen molar-refractivity contribution in [1.29, 1.82) is 0 Å². The molecule has 23 heavy (non-hydrogen) atoms. The highest BCUT2D eigenvalue weighted by atomic mass is 32.2. The number of carbonyl (C=O) groups is 1. The van der Waals surface area contributed by atoms with Crippen molar-refractivity contribution in [2.45, 2.75) is 13.1 Å². The van der Waals surface area contributed by atoms with E-state index in [0.29, 0.717) is 5.56 Å². The van der Waals surface area contributed by atoms with E-state index in [4.69, 9.17) is 0 Å². The number of nitrogens with zero attached hydrogens (tertiary/aromatic N) is 3. The summed E-state index contributed by atoms with van der Waals surface area (Å²) in [5, 5.41) is 0. The molecular formula is C14H14FN3O4S. The van der Waals surface area contributed by atoms with E-state index >= 15 is 0 Å². The molecule has 1 aromatic heterocycles. The lowest BCUT2D eigenvalue weighted by Crippen LogP contribution is -2.22. The molecule has 0 spiro atoms. The van der Waals surface area contributed by atoms with E-state index in [1.165, 1.54) is 38.0 Å². The first-order valence-corrected chi connectivity index (χ1v) is 7.64. The van der Waals surface area contributed by atoms with Crippen LogP contribution in [0.2, 0.25) is 0 Å². The number of hydrogen-bond donors (Lipinski definition) is 1. The van der Waals surface area contributed by atoms with Crippen molar-refractivity contribution in [2.24, 2.45) is 0 Å². The van der Waals surface area contributed by atoms with Crippen LogP contribution in [-0.2, 0) is 28.7 Å². The van der Waals surface area contributed by atoms with Gasteiger partial charge < -0.3 is 4.74 Å². The zero-order chi connectivity index (χ0) is 16.8. The smallest absolute Gasteiger partial charge is 0.337 e. The molecule has 0 unspecified atom stereocenters. The zero-order valence-electron chi connectivity index (χ0n) is 12.2. The van der Waals surface area contributed by atoms with Crippen LogP contribution < -0.4 is 0 Å². The highest BCUT2D eigenvalue weighted by Crippen LogP contribution is 2.15. The van der Waals surface area contributed by atoms with Gasteiger partial charge in [-0.15, -0.1) is 0 Å². The lowest BCUT2D eigenvalue weighted by Gasteiger charge is -2.15. The van der Waals surface area contributed by atoms with Gasteiger partial charge in [0.1, 0.15) is 12.1 Å². The van der Waals surface area contributed by atoms with Gasteiger partial charge in [0.05, 0.1) is 12.7 Å². The van der Waals surface area contributed by atoms with E-state index in [1.807, 2.05) is 0 Å². The molecule has 0 aliphatic rings. The van der Waals surface area contributed by atoms with E-state index in [1.54, 1.807) is 0 Å². The molecule has 0 atom stereocenters. The molecule has 1 heterocycles. The molecule has 0 saturated heterocycles. The summed E-state index contributed by atoms with van der Waals surface area (Å²) < 4.78 is 42.3. The number of halogens is 1. The Bertz CT molecular complexity index is 760. The topological polar surface area (TPSA) is 89.5 Å². The summed E-state index contributed by atoms with van der Waals surface area (Å²) in [5.74, 6) is -1.34. The maximum Gasteiger partial charge on any atom is 0.337 e. The molecule has 0 fully saturated rings. The maximum atomic E-state index is 14.1. The maximum absolute atomic E-state index is 14.1. The molecule has 9 heteroatoms. The van der Waals surface area contributed by atoms with Gasteiger partial charge in [-0.05, 0) is 12.1 Å². The number of carbonyl (C=O) groups excluding carboxylic acids is 1. The third kappa shape index (κ3) is 4.54.